The topological polar surface area (TPSA) is 91.5 Å². The first kappa shape index (κ1) is 27.4. The summed E-state index contributed by atoms with van der Waals surface area (Å²) in [5.74, 6) is -2.36. The van der Waals surface area contributed by atoms with E-state index in [1.807, 2.05) is 20.8 Å². The Morgan fingerprint density at radius 3 is 2.45 bits per heavy atom. The summed E-state index contributed by atoms with van der Waals surface area (Å²) in [6, 6.07) is 7.32. The molecule has 1 fully saturated rings. The highest BCUT2D eigenvalue weighted by molar-refractivity contribution is 7.13. The second kappa shape index (κ2) is 10.5. The molecule has 1 aliphatic rings. The zero-order valence-electron chi connectivity index (χ0n) is 22.2. The van der Waals surface area contributed by atoms with Crippen molar-refractivity contribution in [1.82, 2.24) is 24.2 Å². The number of aryl methyl sites for hydroxylation is 1. The van der Waals surface area contributed by atoms with Gasteiger partial charge in [-0.3, -0.25) is 4.57 Å². The Labute approximate surface area is 231 Å². The van der Waals surface area contributed by atoms with Gasteiger partial charge in [0.25, 0.3) is 0 Å². The van der Waals surface area contributed by atoms with Crippen LogP contribution in [0.25, 0.3) is 5.69 Å². The molecule has 1 aliphatic heterocycles. The predicted octanol–water partition coefficient (Wildman–Crippen LogP) is 5.39. The van der Waals surface area contributed by atoms with Gasteiger partial charge in [-0.05, 0) is 52.0 Å². The zero-order valence-corrected chi connectivity index (χ0v) is 23.0. The van der Waals surface area contributed by atoms with E-state index >= 15 is 4.39 Å². The number of nitrogens with zero attached hydrogens (tertiary/aromatic N) is 5. The van der Waals surface area contributed by atoms with Crippen molar-refractivity contribution in [2.75, 3.05) is 13.1 Å². The van der Waals surface area contributed by atoms with Crippen molar-refractivity contribution in [2.45, 2.75) is 45.8 Å². The fourth-order valence-electron chi connectivity index (χ4n) is 4.06. The lowest BCUT2D eigenvalue weighted by Crippen LogP contribution is -2.50. The highest BCUT2D eigenvalue weighted by Crippen LogP contribution is 2.39. The largest absolute Gasteiger partial charge is 0.444 e. The number of carbonyl (C=O) groups is 1. The van der Waals surface area contributed by atoms with E-state index in [2.05, 4.69) is 10.1 Å². The van der Waals surface area contributed by atoms with E-state index in [0.717, 1.165) is 38.8 Å². The lowest BCUT2D eigenvalue weighted by atomic mass is 10.0. The van der Waals surface area contributed by atoms with Crippen LogP contribution >= 0.6 is 11.3 Å². The summed E-state index contributed by atoms with van der Waals surface area (Å²) in [5.41, 5.74) is -0.858. The van der Waals surface area contributed by atoms with Crippen molar-refractivity contribution in [3.05, 3.63) is 86.9 Å². The van der Waals surface area contributed by atoms with Crippen molar-refractivity contribution in [3.8, 4) is 16.5 Å². The number of ether oxygens (including phenoxy) is 2. The van der Waals surface area contributed by atoms with Gasteiger partial charge in [0.05, 0.1) is 17.9 Å². The quantitative estimate of drug-likeness (QED) is 0.307. The molecule has 4 aromatic rings. The van der Waals surface area contributed by atoms with Crippen LogP contribution in [0.3, 0.4) is 0 Å². The molecule has 0 saturated carbocycles. The molecular formula is C27H26F3N5O4S. The summed E-state index contributed by atoms with van der Waals surface area (Å²) in [6.07, 6.45) is 0.752. The smallest absolute Gasteiger partial charge is 0.410 e. The third-order valence-electron chi connectivity index (χ3n) is 6.14. The molecular weight excluding hydrogens is 547 g/mol. The molecule has 3 heterocycles. The minimum atomic E-state index is -0.786. The van der Waals surface area contributed by atoms with Gasteiger partial charge >= 0.3 is 11.8 Å². The average Bonchev–Trinajstić information content (AvgIpc) is 3.37. The van der Waals surface area contributed by atoms with E-state index in [-0.39, 0.29) is 35.6 Å². The van der Waals surface area contributed by atoms with Crippen molar-refractivity contribution in [1.29, 1.82) is 0 Å². The normalized spacial score (nSPS) is 13.8. The Morgan fingerprint density at radius 2 is 1.80 bits per heavy atom. The zero-order chi connectivity index (χ0) is 28.8. The van der Waals surface area contributed by atoms with Crippen LogP contribution < -0.4 is 10.4 Å². The summed E-state index contributed by atoms with van der Waals surface area (Å²) >= 11 is 1.27. The summed E-state index contributed by atoms with van der Waals surface area (Å²) in [4.78, 5) is 31.1. The Kier molecular flexibility index (Phi) is 7.17. The number of likely N-dealkylation sites (tertiary alicyclic amines) is 1. The van der Waals surface area contributed by atoms with Gasteiger partial charge in [-0.25, -0.2) is 27.7 Å². The molecule has 1 amide bonds. The second-order valence-electron chi connectivity index (χ2n) is 10.4. The highest BCUT2D eigenvalue weighted by Gasteiger charge is 2.36. The van der Waals surface area contributed by atoms with Crippen LogP contribution in [0.1, 0.15) is 43.0 Å². The van der Waals surface area contributed by atoms with Crippen molar-refractivity contribution in [2.24, 2.45) is 0 Å². The number of aromatic nitrogens is 4. The summed E-state index contributed by atoms with van der Waals surface area (Å²) in [6.45, 7) is 7.74. The van der Waals surface area contributed by atoms with E-state index in [4.69, 9.17) is 9.47 Å². The predicted molar refractivity (Wildman–Crippen MR) is 141 cm³/mol. The molecule has 2 aromatic carbocycles. The van der Waals surface area contributed by atoms with Crippen molar-refractivity contribution >= 4 is 17.4 Å². The van der Waals surface area contributed by atoms with Gasteiger partial charge in [0.2, 0.25) is 5.06 Å². The molecule has 1 saturated heterocycles. The van der Waals surface area contributed by atoms with Crippen LogP contribution in [-0.2, 0) is 11.3 Å². The van der Waals surface area contributed by atoms with Gasteiger partial charge in [-0.2, -0.15) is 9.78 Å². The number of hydrogen-bond donors (Lipinski definition) is 0. The molecule has 40 heavy (non-hydrogen) atoms. The number of halogens is 3. The van der Waals surface area contributed by atoms with Crippen LogP contribution in [0, 0.1) is 24.4 Å². The fourth-order valence-corrected chi connectivity index (χ4v) is 5.07. The maximum absolute atomic E-state index is 15.0. The van der Waals surface area contributed by atoms with E-state index in [1.54, 1.807) is 11.8 Å². The number of thiazole rings is 1. The van der Waals surface area contributed by atoms with Crippen LogP contribution in [0.4, 0.5) is 18.0 Å². The second-order valence-corrected chi connectivity index (χ2v) is 11.4. The summed E-state index contributed by atoms with van der Waals surface area (Å²) in [7, 11) is 0. The Hall–Kier alpha value is -4.13. The number of hydrogen-bond acceptors (Lipinski definition) is 7. The first-order valence-corrected chi connectivity index (χ1v) is 13.2. The molecule has 2 aromatic heterocycles. The molecule has 210 valence electrons. The van der Waals surface area contributed by atoms with Gasteiger partial charge in [-0.1, -0.05) is 17.4 Å². The standard InChI is InChI=1S/C27H26F3N5O4S/c1-15-24(40-23(32-15)16-11-33(12-16)26(37)39-27(2,3)4)38-22-9-8-17(10-21(22)30)35-25(36)34(14-31-35)13-18-19(28)6-5-7-20(18)29/h5-10,14,16H,11-13H2,1-4H3. The summed E-state index contributed by atoms with van der Waals surface area (Å²) in [5, 5.41) is 5.14. The van der Waals surface area contributed by atoms with Gasteiger partial charge < -0.3 is 14.4 Å². The molecule has 0 radical (unpaired) electrons. The SMILES string of the molecule is Cc1nc(C2CN(C(=O)OC(C)(C)C)C2)sc1Oc1ccc(-n2ncn(Cc3c(F)cccc3F)c2=O)cc1F. The third-order valence-corrected chi connectivity index (χ3v) is 7.34. The van der Waals surface area contributed by atoms with Crippen LogP contribution in [0.15, 0.2) is 47.5 Å². The number of rotatable bonds is 6. The van der Waals surface area contributed by atoms with E-state index in [1.165, 1.54) is 29.5 Å². The minimum absolute atomic E-state index is 0.0283. The lowest BCUT2D eigenvalue weighted by molar-refractivity contribution is 0.00817. The molecule has 0 unspecified atom stereocenters. The van der Waals surface area contributed by atoms with Gasteiger partial charge in [0.15, 0.2) is 11.6 Å². The maximum atomic E-state index is 15.0. The molecule has 13 heteroatoms. The maximum Gasteiger partial charge on any atom is 0.410 e. The minimum Gasteiger partial charge on any atom is -0.444 e. The number of carbonyl (C=O) groups excluding carboxylic acids is 1. The van der Waals surface area contributed by atoms with Crippen molar-refractivity contribution < 1.29 is 27.4 Å². The van der Waals surface area contributed by atoms with E-state index in [9.17, 15) is 18.4 Å². The molecule has 0 atom stereocenters. The Bertz CT molecular complexity index is 1620. The van der Waals surface area contributed by atoms with Crippen LogP contribution in [-0.4, -0.2) is 49.0 Å². The molecule has 0 spiro atoms. The van der Waals surface area contributed by atoms with Gasteiger partial charge in [-0.15, -0.1) is 0 Å². The first-order valence-electron chi connectivity index (χ1n) is 12.4. The Morgan fingerprint density at radius 1 is 1.10 bits per heavy atom. The van der Waals surface area contributed by atoms with E-state index < -0.39 is 28.7 Å². The first-order chi connectivity index (χ1) is 18.9. The van der Waals surface area contributed by atoms with Crippen LogP contribution in [0.5, 0.6) is 10.8 Å². The van der Waals surface area contributed by atoms with Crippen molar-refractivity contribution in [3.63, 3.8) is 0 Å². The summed E-state index contributed by atoms with van der Waals surface area (Å²) < 4.78 is 56.1. The van der Waals surface area contributed by atoms with Crippen LogP contribution in [0.2, 0.25) is 0 Å². The number of amides is 1. The molecule has 0 bridgehead atoms. The average molecular weight is 574 g/mol. The third kappa shape index (κ3) is 5.60. The fraction of sp³-hybridized carbons (Fsp3) is 0.333. The van der Waals surface area contributed by atoms with Gasteiger partial charge in [0.1, 0.15) is 28.6 Å². The number of benzene rings is 2. The Balaban J connectivity index is 1.27. The van der Waals surface area contributed by atoms with Gasteiger partial charge in [0, 0.05) is 30.6 Å². The monoisotopic (exact) mass is 573 g/mol. The molecule has 0 N–H and O–H groups in total. The highest BCUT2D eigenvalue weighted by atomic mass is 32.1. The molecule has 9 nitrogen and oxygen atoms in total. The molecule has 5 rings (SSSR count). The van der Waals surface area contributed by atoms with E-state index in [0.29, 0.717) is 23.8 Å². The molecule has 0 aliphatic carbocycles. The lowest BCUT2D eigenvalue weighted by Gasteiger charge is -2.38.